The number of nitrogens with zero attached hydrogens (tertiary/aromatic N) is 2. The van der Waals surface area contributed by atoms with Crippen LogP contribution in [0.15, 0.2) is 6.20 Å². The Hall–Kier alpha value is -1.16. The van der Waals surface area contributed by atoms with E-state index in [0.717, 1.165) is 0 Å². The maximum absolute atomic E-state index is 11.0. The molecule has 12 heavy (non-hydrogen) atoms. The molecule has 0 bridgehead atoms. The van der Waals surface area contributed by atoms with Gasteiger partial charge < -0.3 is 5.32 Å². The van der Waals surface area contributed by atoms with Gasteiger partial charge in [-0.05, 0) is 6.92 Å². The van der Waals surface area contributed by atoms with Gasteiger partial charge in [0.05, 0.1) is 11.9 Å². The average Bonchev–Trinajstić information content (AvgIpc) is 2.08. The van der Waals surface area contributed by atoms with E-state index in [4.69, 9.17) is 11.6 Å². The molecule has 0 aliphatic heterocycles. The summed E-state index contributed by atoms with van der Waals surface area (Å²) >= 11 is 5.62. The summed E-state index contributed by atoms with van der Waals surface area (Å²) in [5.41, 5.74) is 0.831. The van der Waals surface area contributed by atoms with Crippen LogP contribution in [0.1, 0.15) is 16.2 Å². The van der Waals surface area contributed by atoms with Crippen molar-refractivity contribution in [3.63, 3.8) is 0 Å². The van der Waals surface area contributed by atoms with Gasteiger partial charge in [0.15, 0.2) is 0 Å². The third kappa shape index (κ3) is 1.71. The second-order valence-electron chi connectivity index (χ2n) is 2.21. The van der Waals surface area contributed by atoms with Crippen LogP contribution in [-0.2, 0) is 0 Å². The van der Waals surface area contributed by atoms with E-state index in [2.05, 4.69) is 15.3 Å². The topological polar surface area (TPSA) is 54.9 Å². The van der Waals surface area contributed by atoms with Crippen molar-refractivity contribution in [2.45, 2.75) is 6.92 Å². The molecule has 1 aromatic rings. The van der Waals surface area contributed by atoms with Crippen molar-refractivity contribution in [2.24, 2.45) is 0 Å². The Morgan fingerprint density at radius 1 is 1.67 bits per heavy atom. The van der Waals surface area contributed by atoms with Gasteiger partial charge in [-0.15, -0.1) is 0 Å². The lowest BCUT2D eigenvalue weighted by atomic mass is 10.4. The molecule has 1 aromatic heterocycles. The molecule has 0 saturated heterocycles. The van der Waals surface area contributed by atoms with E-state index in [0.29, 0.717) is 10.8 Å². The van der Waals surface area contributed by atoms with Crippen molar-refractivity contribution < 1.29 is 4.79 Å². The molecular formula is C7H8ClN3O. The van der Waals surface area contributed by atoms with Crippen LogP contribution in [0.2, 0.25) is 5.15 Å². The van der Waals surface area contributed by atoms with Crippen molar-refractivity contribution in [1.82, 2.24) is 15.3 Å². The van der Waals surface area contributed by atoms with Crippen LogP contribution in [0.5, 0.6) is 0 Å². The summed E-state index contributed by atoms with van der Waals surface area (Å²) < 4.78 is 0. The molecule has 1 heterocycles. The molecule has 0 atom stereocenters. The molecule has 1 amide bonds. The first-order chi connectivity index (χ1) is 5.65. The smallest absolute Gasteiger partial charge is 0.271 e. The Labute approximate surface area is 75.0 Å². The Balaban J connectivity index is 3.05. The molecule has 0 aliphatic rings. The largest absolute Gasteiger partial charge is 0.354 e. The maximum atomic E-state index is 11.0. The number of nitrogens with one attached hydrogen (secondary N) is 1. The fraction of sp³-hybridized carbons (Fsp3) is 0.286. The van der Waals surface area contributed by atoms with Gasteiger partial charge in [-0.3, -0.25) is 4.79 Å². The minimum Gasteiger partial charge on any atom is -0.354 e. The molecule has 0 saturated carbocycles. The van der Waals surface area contributed by atoms with Crippen molar-refractivity contribution >= 4 is 17.5 Å². The van der Waals surface area contributed by atoms with Gasteiger partial charge >= 0.3 is 0 Å². The van der Waals surface area contributed by atoms with Gasteiger partial charge in [0.2, 0.25) is 0 Å². The zero-order chi connectivity index (χ0) is 9.14. The Morgan fingerprint density at radius 2 is 2.33 bits per heavy atom. The van der Waals surface area contributed by atoms with E-state index < -0.39 is 0 Å². The summed E-state index contributed by atoms with van der Waals surface area (Å²) in [4.78, 5) is 18.7. The number of aryl methyl sites for hydroxylation is 1. The first kappa shape index (κ1) is 8.93. The molecule has 0 unspecified atom stereocenters. The van der Waals surface area contributed by atoms with Crippen molar-refractivity contribution in [3.8, 4) is 0 Å². The molecule has 64 valence electrons. The van der Waals surface area contributed by atoms with Gasteiger partial charge in [-0.25, -0.2) is 9.97 Å². The summed E-state index contributed by atoms with van der Waals surface area (Å²) in [6.45, 7) is 1.70. The highest BCUT2D eigenvalue weighted by atomic mass is 35.5. The standard InChI is InChI=1S/C7H8ClN3O/c1-4-6(8)10-3-5(11-4)7(12)9-2/h3H,1-2H3,(H,9,12). The van der Waals surface area contributed by atoms with E-state index in [9.17, 15) is 4.79 Å². The van der Waals surface area contributed by atoms with E-state index in [1.54, 1.807) is 6.92 Å². The lowest BCUT2D eigenvalue weighted by Gasteiger charge is -1.99. The predicted octanol–water partition coefficient (Wildman–Crippen LogP) is 0.798. The fourth-order valence-corrected chi connectivity index (χ4v) is 0.795. The summed E-state index contributed by atoms with van der Waals surface area (Å²) in [5, 5.41) is 2.77. The lowest BCUT2D eigenvalue weighted by Crippen LogP contribution is -2.19. The third-order valence-corrected chi connectivity index (χ3v) is 1.72. The van der Waals surface area contributed by atoms with Gasteiger partial charge in [-0.2, -0.15) is 0 Å². The van der Waals surface area contributed by atoms with Crippen molar-refractivity contribution in [1.29, 1.82) is 0 Å². The minimum atomic E-state index is -0.262. The fourth-order valence-electron chi connectivity index (χ4n) is 0.704. The molecule has 0 spiro atoms. The quantitative estimate of drug-likeness (QED) is 0.704. The zero-order valence-corrected chi connectivity index (χ0v) is 7.51. The number of hydrogen-bond donors (Lipinski definition) is 1. The van der Waals surface area contributed by atoms with Gasteiger partial charge in [0.25, 0.3) is 5.91 Å². The predicted molar refractivity (Wildman–Crippen MR) is 45.2 cm³/mol. The van der Waals surface area contributed by atoms with E-state index >= 15 is 0 Å². The van der Waals surface area contributed by atoms with Crippen LogP contribution >= 0.6 is 11.6 Å². The Bertz CT molecular complexity index is 314. The highest BCUT2D eigenvalue weighted by Gasteiger charge is 2.06. The number of aromatic nitrogens is 2. The zero-order valence-electron chi connectivity index (χ0n) is 6.76. The van der Waals surface area contributed by atoms with Crippen LogP contribution in [0.25, 0.3) is 0 Å². The van der Waals surface area contributed by atoms with Crippen LogP contribution in [0.4, 0.5) is 0 Å². The molecule has 0 aliphatic carbocycles. The molecule has 0 fully saturated rings. The number of rotatable bonds is 1. The normalized spacial score (nSPS) is 9.58. The molecule has 0 aromatic carbocycles. The number of carbonyl (C=O) groups is 1. The monoisotopic (exact) mass is 185 g/mol. The van der Waals surface area contributed by atoms with E-state index in [-0.39, 0.29) is 11.6 Å². The van der Waals surface area contributed by atoms with Crippen molar-refractivity contribution in [2.75, 3.05) is 7.05 Å². The Morgan fingerprint density at radius 3 is 2.83 bits per heavy atom. The number of amides is 1. The maximum Gasteiger partial charge on any atom is 0.271 e. The van der Waals surface area contributed by atoms with Crippen LogP contribution in [0, 0.1) is 6.92 Å². The highest BCUT2D eigenvalue weighted by Crippen LogP contribution is 2.08. The molecule has 1 rings (SSSR count). The summed E-state index contributed by atoms with van der Waals surface area (Å²) in [6.07, 6.45) is 1.34. The average molecular weight is 186 g/mol. The number of carbonyl (C=O) groups excluding carboxylic acids is 1. The number of halogens is 1. The molecule has 0 radical (unpaired) electrons. The third-order valence-electron chi connectivity index (χ3n) is 1.35. The Kier molecular flexibility index (Phi) is 2.60. The summed E-state index contributed by atoms with van der Waals surface area (Å²) in [7, 11) is 1.54. The number of hydrogen-bond acceptors (Lipinski definition) is 3. The van der Waals surface area contributed by atoms with Gasteiger partial charge in [-0.1, -0.05) is 11.6 Å². The van der Waals surface area contributed by atoms with Gasteiger partial charge in [0.1, 0.15) is 10.8 Å². The van der Waals surface area contributed by atoms with E-state index in [1.807, 2.05) is 0 Å². The van der Waals surface area contributed by atoms with Crippen molar-refractivity contribution in [3.05, 3.63) is 22.7 Å². The summed E-state index contributed by atoms with van der Waals surface area (Å²) in [6, 6.07) is 0. The summed E-state index contributed by atoms with van der Waals surface area (Å²) in [5.74, 6) is -0.262. The molecular weight excluding hydrogens is 178 g/mol. The second-order valence-corrected chi connectivity index (χ2v) is 2.57. The molecule has 5 heteroatoms. The SMILES string of the molecule is CNC(=O)c1cnc(Cl)c(C)n1. The van der Waals surface area contributed by atoms with Crippen LogP contribution < -0.4 is 5.32 Å². The van der Waals surface area contributed by atoms with Crippen LogP contribution in [-0.4, -0.2) is 22.9 Å². The first-order valence-corrected chi connectivity index (χ1v) is 3.74. The van der Waals surface area contributed by atoms with E-state index in [1.165, 1.54) is 13.2 Å². The van der Waals surface area contributed by atoms with Crippen LogP contribution in [0.3, 0.4) is 0 Å². The highest BCUT2D eigenvalue weighted by molar-refractivity contribution is 6.30. The first-order valence-electron chi connectivity index (χ1n) is 3.36. The molecule has 4 nitrogen and oxygen atoms in total. The lowest BCUT2D eigenvalue weighted by molar-refractivity contribution is 0.0957. The second kappa shape index (κ2) is 3.49. The minimum absolute atomic E-state index is 0.262. The van der Waals surface area contributed by atoms with Gasteiger partial charge in [0, 0.05) is 7.05 Å². The molecule has 1 N–H and O–H groups in total.